The Kier molecular flexibility index (Phi) is 5.14. The van der Waals surface area contributed by atoms with Gasteiger partial charge >= 0.3 is 0 Å². The van der Waals surface area contributed by atoms with Crippen LogP contribution in [0.3, 0.4) is 0 Å². The molecular formula is C20H23N3O2. The minimum Gasteiger partial charge on any atom is -0.355 e. The molecule has 0 bridgehead atoms. The van der Waals surface area contributed by atoms with Crippen molar-refractivity contribution in [2.75, 3.05) is 25.0 Å². The molecule has 2 aromatic rings. The molecular weight excluding hydrogens is 314 g/mol. The zero-order chi connectivity index (χ0) is 17.8. The molecule has 25 heavy (non-hydrogen) atoms. The van der Waals surface area contributed by atoms with E-state index in [0.29, 0.717) is 0 Å². The van der Waals surface area contributed by atoms with Crippen LogP contribution in [0.1, 0.15) is 16.7 Å². The van der Waals surface area contributed by atoms with Gasteiger partial charge in [0.15, 0.2) is 0 Å². The highest BCUT2D eigenvalue weighted by atomic mass is 16.2. The van der Waals surface area contributed by atoms with Crippen molar-refractivity contribution >= 4 is 17.9 Å². The Morgan fingerprint density at radius 2 is 1.68 bits per heavy atom. The average molecular weight is 337 g/mol. The number of amides is 1. The quantitative estimate of drug-likeness (QED) is 0.759. The van der Waals surface area contributed by atoms with Crippen LogP contribution in [0.25, 0.3) is 0 Å². The number of fused-ring (bicyclic) bond motifs is 1. The molecule has 0 saturated heterocycles. The van der Waals surface area contributed by atoms with Crippen molar-refractivity contribution in [2.24, 2.45) is 0 Å². The van der Waals surface area contributed by atoms with Gasteiger partial charge in [0.05, 0.1) is 13.1 Å². The SMILES string of the molecule is Cc1ccccc1N(CC=O)CC(=O)N(C)N1Cc2ccccc2C1. The summed E-state index contributed by atoms with van der Waals surface area (Å²) in [5.74, 6) is -0.0297. The average Bonchev–Trinajstić information content (AvgIpc) is 3.05. The van der Waals surface area contributed by atoms with Crippen molar-refractivity contribution in [1.82, 2.24) is 10.0 Å². The van der Waals surface area contributed by atoms with Crippen LogP contribution in [-0.4, -0.2) is 42.3 Å². The smallest absolute Gasteiger partial charge is 0.256 e. The van der Waals surface area contributed by atoms with Gasteiger partial charge in [-0.15, -0.1) is 0 Å². The molecule has 0 radical (unpaired) electrons. The highest BCUT2D eigenvalue weighted by Gasteiger charge is 2.26. The van der Waals surface area contributed by atoms with Crippen LogP contribution in [-0.2, 0) is 22.7 Å². The second-order valence-electron chi connectivity index (χ2n) is 6.34. The first-order valence-corrected chi connectivity index (χ1v) is 8.42. The van der Waals surface area contributed by atoms with Crippen LogP contribution in [0, 0.1) is 6.92 Å². The maximum atomic E-state index is 12.8. The maximum Gasteiger partial charge on any atom is 0.256 e. The predicted octanol–water partition coefficient (Wildman–Crippen LogP) is 2.39. The molecule has 2 aromatic carbocycles. The van der Waals surface area contributed by atoms with Gasteiger partial charge in [-0.3, -0.25) is 9.80 Å². The molecule has 0 fully saturated rings. The first-order chi connectivity index (χ1) is 12.1. The summed E-state index contributed by atoms with van der Waals surface area (Å²) in [5, 5.41) is 3.71. The molecule has 130 valence electrons. The van der Waals surface area contributed by atoms with E-state index in [0.717, 1.165) is 30.6 Å². The molecule has 0 saturated carbocycles. The highest BCUT2D eigenvalue weighted by Crippen LogP contribution is 2.24. The summed E-state index contributed by atoms with van der Waals surface area (Å²) in [4.78, 5) is 25.7. The third-order valence-electron chi connectivity index (χ3n) is 4.69. The van der Waals surface area contributed by atoms with E-state index >= 15 is 0 Å². The number of rotatable bonds is 6. The topological polar surface area (TPSA) is 43.9 Å². The summed E-state index contributed by atoms with van der Waals surface area (Å²) >= 11 is 0. The zero-order valence-corrected chi connectivity index (χ0v) is 14.7. The maximum absolute atomic E-state index is 12.8. The lowest BCUT2D eigenvalue weighted by atomic mass is 10.1. The number of aryl methyl sites for hydroxylation is 1. The van der Waals surface area contributed by atoms with Gasteiger partial charge in [-0.2, -0.15) is 0 Å². The van der Waals surface area contributed by atoms with E-state index in [-0.39, 0.29) is 19.0 Å². The molecule has 5 heteroatoms. The number of hydrogen-bond donors (Lipinski definition) is 0. The van der Waals surface area contributed by atoms with Crippen molar-refractivity contribution in [3.8, 4) is 0 Å². The summed E-state index contributed by atoms with van der Waals surface area (Å²) < 4.78 is 0. The molecule has 1 heterocycles. The number of hydrazine groups is 1. The van der Waals surface area contributed by atoms with E-state index in [4.69, 9.17) is 0 Å². The Morgan fingerprint density at radius 1 is 1.08 bits per heavy atom. The molecule has 1 aliphatic rings. The first-order valence-electron chi connectivity index (χ1n) is 8.42. The molecule has 1 amide bonds. The summed E-state index contributed by atoms with van der Waals surface area (Å²) in [6.07, 6.45) is 0.839. The lowest BCUT2D eigenvalue weighted by Crippen LogP contribution is -2.46. The van der Waals surface area contributed by atoms with E-state index in [1.807, 2.05) is 53.2 Å². The fraction of sp³-hybridized carbons (Fsp3) is 0.300. The fourth-order valence-electron chi connectivity index (χ4n) is 3.21. The first kappa shape index (κ1) is 17.2. The predicted molar refractivity (Wildman–Crippen MR) is 97.9 cm³/mol. The number of likely N-dealkylation sites (N-methyl/N-ethyl adjacent to an activating group) is 1. The standard InChI is InChI=1S/C20H23N3O2/c1-16-7-3-6-10-19(16)22(11-12-24)15-20(25)21(2)23-13-17-8-4-5-9-18(17)14-23/h3-10,12H,11,13-15H2,1-2H3. The second-order valence-corrected chi connectivity index (χ2v) is 6.34. The number of carbonyl (C=O) groups is 2. The van der Waals surface area contributed by atoms with Gasteiger partial charge in [0, 0.05) is 25.8 Å². The van der Waals surface area contributed by atoms with Crippen LogP contribution in [0.15, 0.2) is 48.5 Å². The molecule has 1 aliphatic heterocycles. The Hall–Kier alpha value is -2.66. The third kappa shape index (κ3) is 3.72. The Labute approximate surface area is 148 Å². The van der Waals surface area contributed by atoms with E-state index in [9.17, 15) is 9.59 Å². The summed E-state index contributed by atoms with van der Waals surface area (Å²) in [6, 6.07) is 16.0. The Bertz CT molecular complexity index is 750. The summed E-state index contributed by atoms with van der Waals surface area (Å²) in [6.45, 7) is 3.82. The second kappa shape index (κ2) is 7.49. The number of benzene rings is 2. The van der Waals surface area contributed by atoms with Gasteiger partial charge in [0.1, 0.15) is 6.29 Å². The number of carbonyl (C=O) groups excluding carboxylic acids is 2. The van der Waals surface area contributed by atoms with Crippen molar-refractivity contribution in [2.45, 2.75) is 20.0 Å². The number of nitrogens with zero attached hydrogens (tertiary/aromatic N) is 3. The molecule has 0 N–H and O–H groups in total. The highest BCUT2D eigenvalue weighted by molar-refractivity contribution is 5.82. The Morgan fingerprint density at radius 3 is 2.28 bits per heavy atom. The Balaban J connectivity index is 1.70. The molecule has 0 spiro atoms. The third-order valence-corrected chi connectivity index (χ3v) is 4.69. The molecule has 5 nitrogen and oxygen atoms in total. The lowest BCUT2D eigenvalue weighted by molar-refractivity contribution is -0.145. The number of aldehydes is 1. The molecule has 3 rings (SSSR count). The minimum absolute atomic E-state index is 0.0297. The van der Waals surface area contributed by atoms with Crippen molar-refractivity contribution in [3.05, 3.63) is 65.2 Å². The lowest BCUT2D eigenvalue weighted by Gasteiger charge is -2.31. The van der Waals surface area contributed by atoms with Gasteiger partial charge in [-0.05, 0) is 29.7 Å². The van der Waals surface area contributed by atoms with Crippen molar-refractivity contribution < 1.29 is 9.59 Å². The molecule has 0 atom stereocenters. The van der Waals surface area contributed by atoms with E-state index in [1.165, 1.54) is 11.1 Å². The monoisotopic (exact) mass is 337 g/mol. The largest absolute Gasteiger partial charge is 0.355 e. The van der Waals surface area contributed by atoms with Crippen molar-refractivity contribution in [3.63, 3.8) is 0 Å². The van der Waals surface area contributed by atoms with Gasteiger partial charge in [-0.25, -0.2) is 5.01 Å². The normalized spacial score (nSPS) is 13.4. The van der Waals surface area contributed by atoms with Gasteiger partial charge in [-0.1, -0.05) is 42.5 Å². The van der Waals surface area contributed by atoms with Gasteiger partial charge < -0.3 is 9.69 Å². The minimum atomic E-state index is -0.0297. The van der Waals surface area contributed by atoms with E-state index < -0.39 is 0 Å². The molecule has 0 aromatic heterocycles. The van der Waals surface area contributed by atoms with Crippen LogP contribution in [0.2, 0.25) is 0 Å². The number of hydrogen-bond acceptors (Lipinski definition) is 4. The van der Waals surface area contributed by atoms with Crippen LogP contribution in [0.5, 0.6) is 0 Å². The zero-order valence-electron chi connectivity index (χ0n) is 14.7. The van der Waals surface area contributed by atoms with Crippen molar-refractivity contribution in [1.29, 1.82) is 0 Å². The van der Waals surface area contributed by atoms with Crippen LogP contribution in [0.4, 0.5) is 5.69 Å². The summed E-state index contributed by atoms with van der Waals surface area (Å²) in [7, 11) is 1.80. The van der Waals surface area contributed by atoms with E-state index in [2.05, 4.69) is 12.1 Å². The fourth-order valence-corrected chi connectivity index (χ4v) is 3.21. The number of anilines is 1. The number of para-hydroxylation sites is 1. The van der Waals surface area contributed by atoms with E-state index in [1.54, 1.807) is 12.1 Å². The van der Waals surface area contributed by atoms with Crippen LogP contribution < -0.4 is 4.90 Å². The van der Waals surface area contributed by atoms with Crippen LogP contribution >= 0.6 is 0 Å². The molecule has 0 aliphatic carbocycles. The summed E-state index contributed by atoms with van der Waals surface area (Å²) in [5.41, 5.74) is 4.48. The van der Waals surface area contributed by atoms with Gasteiger partial charge in [0.2, 0.25) is 0 Å². The van der Waals surface area contributed by atoms with Gasteiger partial charge in [0.25, 0.3) is 5.91 Å². The molecule has 0 unspecified atom stereocenters.